The zero-order valence-corrected chi connectivity index (χ0v) is 12.4. The number of hydrogen-bond donors (Lipinski definition) is 1. The lowest BCUT2D eigenvalue weighted by Gasteiger charge is -2.10. The van der Waals surface area contributed by atoms with Crippen LogP contribution in [0.1, 0.15) is 20.3 Å². The number of benzene rings is 1. The van der Waals surface area contributed by atoms with Gasteiger partial charge in [0.2, 0.25) is 10.0 Å². The van der Waals surface area contributed by atoms with E-state index >= 15 is 0 Å². The number of methoxy groups -OCH3 is 1. The summed E-state index contributed by atoms with van der Waals surface area (Å²) in [6, 6.07) is 6.39. The van der Waals surface area contributed by atoms with Crippen LogP contribution in [0.3, 0.4) is 0 Å². The average Bonchev–Trinajstić information content (AvgIpc) is 2.35. The maximum Gasteiger partial charge on any atom is 0.240 e. The highest BCUT2D eigenvalue weighted by Gasteiger charge is 2.13. The molecule has 19 heavy (non-hydrogen) atoms. The molecule has 0 spiro atoms. The van der Waals surface area contributed by atoms with E-state index in [0.29, 0.717) is 25.3 Å². The van der Waals surface area contributed by atoms with Gasteiger partial charge in [0.1, 0.15) is 5.75 Å². The summed E-state index contributed by atoms with van der Waals surface area (Å²) in [6.45, 7) is 4.73. The van der Waals surface area contributed by atoms with Crippen LogP contribution in [0.5, 0.6) is 5.75 Å². The number of nitrogens with one attached hydrogen (secondary N) is 1. The fourth-order valence-electron chi connectivity index (χ4n) is 1.48. The molecule has 0 amide bonds. The van der Waals surface area contributed by atoms with Crippen molar-refractivity contribution in [3.05, 3.63) is 24.3 Å². The minimum absolute atomic E-state index is 0.0645. The molecule has 108 valence electrons. The Labute approximate surface area is 115 Å². The van der Waals surface area contributed by atoms with Gasteiger partial charge >= 0.3 is 0 Å². The standard InChI is InChI=1S/C13H21NO4S/c1-11(2)18-12-5-7-13(8-6-12)19(15,16)14-9-4-10-17-3/h5-8,11,14H,4,9-10H2,1-3H3. The molecule has 1 rings (SSSR count). The van der Waals surface area contributed by atoms with Crippen LogP contribution in [0.2, 0.25) is 0 Å². The molecule has 0 saturated heterocycles. The minimum Gasteiger partial charge on any atom is -0.491 e. The van der Waals surface area contributed by atoms with E-state index in [-0.39, 0.29) is 11.0 Å². The Morgan fingerprint density at radius 3 is 2.37 bits per heavy atom. The van der Waals surface area contributed by atoms with Crippen LogP contribution < -0.4 is 9.46 Å². The lowest BCUT2D eigenvalue weighted by atomic mass is 10.3. The largest absolute Gasteiger partial charge is 0.491 e. The third-order valence-electron chi connectivity index (χ3n) is 2.32. The number of hydrogen-bond acceptors (Lipinski definition) is 4. The molecule has 0 heterocycles. The molecule has 0 aliphatic carbocycles. The van der Waals surface area contributed by atoms with Gasteiger partial charge in [-0.15, -0.1) is 0 Å². The van der Waals surface area contributed by atoms with Crippen LogP contribution >= 0.6 is 0 Å². The lowest BCUT2D eigenvalue weighted by Crippen LogP contribution is -2.25. The summed E-state index contributed by atoms with van der Waals surface area (Å²) >= 11 is 0. The first-order valence-corrected chi connectivity index (χ1v) is 7.69. The zero-order chi connectivity index (χ0) is 14.3. The van der Waals surface area contributed by atoms with Gasteiger partial charge in [0, 0.05) is 20.3 Å². The third kappa shape index (κ3) is 5.59. The molecular formula is C13H21NO4S. The molecule has 0 atom stereocenters. The Morgan fingerprint density at radius 2 is 1.84 bits per heavy atom. The summed E-state index contributed by atoms with van der Waals surface area (Å²) in [5, 5.41) is 0. The van der Waals surface area contributed by atoms with E-state index in [1.165, 1.54) is 12.1 Å². The summed E-state index contributed by atoms with van der Waals surface area (Å²) in [4.78, 5) is 0.237. The Hall–Kier alpha value is -1.11. The topological polar surface area (TPSA) is 64.6 Å². The summed E-state index contributed by atoms with van der Waals surface area (Å²) in [6.07, 6.45) is 0.708. The first kappa shape index (κ1) is 15.9. The fraction of sp³-hybridized carbons (Fsp3) is 0.538. The molecule has 1 aromatic carbocycles. The highest BCUT2D eigenvalue weighted by molar-refractivity contribution is 7.89. The number of sulfonamides is 1. The minimum atomic E-state index is -3.45. The lowest BCUT2D eigenvalue weighted by molar-refractivity contribution is 0.196. The van der Waals surface area contributed by atoms with E-state index in [4.69, 9.17) is 9.47 Å². The van der Waals surface area contributed by atoms with E-state index in [1.54, 1.807) is 19.2 Å². The zero-order valence-electron chi connectivity index (χ0n) is 11.5. The first-order chi connectivity index (χ1) is 8.95. The Morgan fingerprint density at radius 1 is 1.21 bits per heavy atom. The van der Waals surface area contributed by atoms with Crippen LogP contribution in [0.15, 0.2) is 29.2 Å². The molecule has 0 bridgehead atoms. The first-order valence-electron chi connectivity index (χ1n) is 6.21. The van der Waals surface area contributed by atoms with E-state index in [9.17, 15) is 8.42 Å². The average molecular weight is 287 g/mol. The van der Waals surface area contributed by atoms with Gasteiger partial charge < -0.3 is 9.47 Å². The molecule has 6 heteroatoms. The van der Waals surface area contributed by atoms with Gasteiger partial charge in [0.25, 0.3) is 0 Å². The summed E-state index contributed by atoms with van der Waals surface area (Å²) in [7, 11) is -1.86. The van der Waals surface area contributed by atoms with Crippen molar-refractivity contribution in [1.82, 2.24) is 4.72 Å². The van der Waals surface area contributed by atoms with Gasteiger partial charge in [-0.25, -0.2) is 13.1 Å². The molecule has 1 aromatic rings. The second-order valence-electron chi connectivity index (χ2n) is 4.38. The highest BCUT2D eigenvalue weighted by atomic mass is 32.2. The van der Waals surface area contributed by atoms with Crippen molar-refractivity contribution in [2.75, 3.05) is 20.3 Å². The van der Waals surface area contributed by atoms with Gasteiger partial charge in [0.15, 0.2) is 0 Å². The van der Waals surface area contributed by atoms with Crippen LogP contribution in [0, 0.1) is 0 Å². The molecule has 0 fully saturated rings. The van der Waals surface area contributed by atoms with Crippen molar-refractivity contribution < 1.29 is 17.9 Å². The van der Waals surface area contributed by atoms with Crippen molar-refractivity contribution in [1.29, 1.82) is 0 Å². The SMILES string of the molecule is COCCCNS(=O)(=O)c1ccc(OC(C)C)cc1. The van der Waals surface area contributed by atoms with Crippen LogP contribution in [-0.2, 0) is 14.8 Å². The Kier molecular flexibility index (Phi) is 6.27. The summed E-state index contributed by atoms with van der Waals surface area (Å²) < 4.78 is 36.7. The molecule has 0 aliphatic heterocycles. The van der Waals surface area contributed by atoms with E-state index in [1.807, 2.05) is 13.8 Å². The van der Waals surface area contributed by atoms with Crippen molar-refractivity contribution in [2.45, 2.75) is 31.3 Å². The van der Waals surface area contributed by atoms with Gasteiger partial charge in [0.05, 0.1) is 11.0 Å². The maximum absolute atomic E-state index is 11.9. The molecule has 0 unspecified atom stereocenters. The van der Waals surface area contributed by atoms with Crippen molar-refractivity contribution in [2.24, 2.45) is 0 Å². The van der Waals surface area contributed by atoms with E-state index in [2.05, 4.69) is 4.72 Å². The second kappa shape index (κ2) is 7.47. The van der Waals surface area contributed by atoms with Gasteiger partial charge in [-0.3, -0.25) is 0 Å². The molecule has 0 radical (unpaired) electrons. The van der Waals surface area contributed by atoms with Gasteiger partial charge in [-0.1, -0.05) is 0 Å². The molecule has 1 N–H and O–H groups in total. The van der Waals surface area contributed by atoms with Gasteiger partial charge in [-0.2, -0.15) is 0 Å². The predicted molar refractivity (Wildman–Crippen MR) is 73.9 cm³/mol. The molecule has 5 nitrogen and oxygen atoms in total. The Balaban J connectivity index is 2.63. The summed E-state index contributed by atoms with van der Waals surface area (Å²) in [5.74, 6) is 0.660. The molecule has 0 aromatic heterocycles. The van der Waals surface area contributed by atoms with E-state index < -0.39 is 10.0 Å². The van der Waals surface area contributed by atoms with Crippen molar-refractivity contribution >= 4 is 10.0 Å². The molecular weight excluding hydrogens is 266 g/mol. The second-order valence-corrected chi connectivity index (χ2v) is 6.15. The van der Waals surface area contributed by atoms with Crippen LogP contribution in [0.25, 0.3) is 0 Å². The predicted octanol–water partition coefficient (Wildman–Crippen LogP) is 1.79. The number of ether oxygens (including phenoxy) is 2. The van der Waals surface area contributed by atoms with Crippen LogP contribution in [0.4, 0.5) is 0 Å². The number of rotatable bonds is 8. The van der Waals surface area contributed by atoms with Crippen LogP contribution in [-0.4, -0.2) is 34.8 Å². The highest BCUT2D eigenvalue weighted by Crippen LogP contribution is 2.16. The normalized spacial score (nSPS) is 11.8. The summed E-state index contributed by atoms with van der Waals surface area (Å²) in [5.41, 5.74) is 0. The van der Waals surface area contributed by atoms with Gasteiger partial charge in [-0.05, 0) is 44.5 Å². The maximum atomic E-state index is 11.9. The monoisotopic (exact) mass is 287 g/mol. The quantitative estimate of drug-likeness (QED) is 0.740. The van der Waals surface area contributed by atoms with E-state index in [0.717, 1.165) is 0 Å². The smallest absolute Gasteiger partial charge is 0.240 e. The van der Waals surface area contributed by atoms with Crippen molar-refractivity contribution in [3.63, 3.8) is 0 Å². The fourth-order valence-corrected chi connectivity index (χ4v) is 2.55. The Bertz CT molecular complexity index is 468. The molecule has 0 saturated carbocycles. The molecule has 0 aliphatic rings. The van der Waals surface area contributed by atoms with Crippen molar-refractivity contribution in [3.8, 4) is 5.75 Å². The third-order valence-corrected chi connectivity index (χ3v) is 3.80.